The number of likely N-dealkylation sites (N-methyl/N-ethyl adjacent to an activating group) is 1. The standard InChI is InChI=1S/C14H18BrN3/c1-3-16-14(12-9-17-18(2)10-12)8-11-6-4-5-7-13(11)15/h4-7,9-10,14,16H,3,8H2,1-2H3. The summed E-state index contributed by atoms with van der Waals surface area (Å²) in [6.45, 7) is 3.08. The van der Waals surface area contributed by atoms with Crippen LogP contribution in [-0.2, 0) is 13.5 Å². The highest BCUT2D eigenvalue weighted by molar-refractivity contribution is 9.10. The first kappa shape index (κ1) is 13.3. The van der Waals surface area contributed by atoms with Gasteiger partial charge in [0.05, 0.1) is 6.20 Å². The third-order valence-corrected chi connectivity index (χ3v) is 3.73. The van der Waals surface area contributed by atoms with Crippen LogP contribution < -0.4 is 5.32 Å². The van der Waals surface area contributed by atoms with Gasteiger partial charge in [-0.2, -0.15) is 5.10 Å². The summed E-state index contributed by atoms with van der Waals surface area (Å²) in [6, 6.07) is 8.67. The Morgan fingerprint density at radius 3 is 2.78 bits per heavy atom. The van der Waals surface area contributed by atoms with Gasteiger partial charge in [-0.05, 0) is 24.6 Å². The lowest BCUT2D eigenvalue weighted by molar-refractivity contribution is 0.548. The van der Waals surface area contributed by atoms with Gasteiger partial charge in [-0.25, -0.2) is 0 Å². The fourth-order valence-corrected chi connectivity index (χ4v) is 2.50. The van der Waals surface area contributed by atoms with E-state index in [4.69, 9.17) is 0 Å². The van der Waals surface area contributed by atoms with Crippen molar-refractivity contribution in [3.05, 3.63) is 52.3 Å². The number of aryl methyl sites for hydroxylation is 1. The van der Waals surface area contributed by atoms with Gasteiger partial charge in [0.1, 0.15) is 0 Å². The van der Waals surface area contributed by atoms with Crippen LogP contribution in [0.15, 0.2) is 41.1 Å². The van der Waals surface area contributed by atoms with Crippen molar-refractivity contribution in [2.45, 2.75) is 19.4 Å². The van der Waals surface area contributed by atoms with Gasteiger partial charge in [0.15, 0.2) is 0 Å². The lowest BCUT2D eigenvalue weighted by Crippen LogP contribution is -2.22. The fraction of sp³-hybridized carbons (Fsp3) is 0.357. The molecule has 0 aliphatic carbocycles. The molecule has 1 aromatic carbocycles. The van der Waals surface area contributed by atoms with E-state index in [1.807, 2.05) is 24.0 Å². The summed E-state index contributed by atoms with van der Waals surface area (Å²) in [4.78, 5) is 0. The molecule has 1 unspecified atom stereocenters. The number of nitrogens with zero attached hydrogens (tertiary/aromatic N) is 2. The molecule has 2 rings (SSSR count). The third kappa shape index (κ3) is 3.21. The van der Waals surface area contributed by atoms with Crippen LogP contribution in [0.25, 0.3) is 0 Å². The quantitative estimate of drug-likeness (QED) is 0.920. The monoisotopic (exact) mass is 307 g/mol. The molecular weight excluding hydrogens is 290 g/mol. The second kappa shape index (κ2) is 6.16. The maximum atomic E-state index is 4.25. The Morgan fingerprint density at radius 2 is 2.17 bits per heavy atom. The summed E-state index contributed by atoms with van der Waals surface area (Å²) in [5.74, 6) is 0. The summed E-state index contributed by atoms with van der Waals surface area (Å²) < 4.78 is 3.01. The fourth-order valence-electron chi connectivity index (χ4n) is 2.06. The van der Waals surface area contributed by atoms with E-state index < -0.39 is 0 Å². The van der Waals surface area contributed by atoms with Crippen molar-refractivity contribution in [1.82, 2.24) is 15.1 Å². The number of aromatic nitrogens is 2. The van der Waals surface area contributed by atoms with Crippen LogP contribution in [0.2, 0.25) is 0 Å². The van der Waals surface area contributed by atoms with E-state index in [1.54, 1.807) is 0 Å². The summed E-state index contributed by atoms with van der Waals surface area (Å²) in [5.41, 5.74) is 2.54. The lowest BCUT2D eigenvalue weighted by Gasteiger charge is -2.17. The van der Waals surface area contributed by atoms with Gasteiger partial charge >= 0.3 is 0 Å². The Bertz CT molecular complexity index is 507. The van der Waals surface area contributed by atoms with Crippen molar-refractivity contribution >= 4 is 15.9 Å². The van der Waals surface area contributed by atoms with Gasteiger partial charge in [0.2, 0.25) is 0 Å². The van der Waals surface area contributed by atoms with Gasteiger partial charge in [0, 0.05) is 29.3 Å². The maximum Gasteiger partial charge on any atom is 0.0537 e. The Labute approximate surface area is 116 Å². The number of hydrogen-bond acceptors (Lipinski definition) is 2. The van der Waals surface area contributed by atoms with Gasteiger partial charge in [-0.3, -0.25) is 4.68 Å². The van der Waals surface area contributed by atoms with Crippen LogP contribution >= 0.6 is 15.9 Å². The van der Waals surface area contributed by atoms with E-state index in [-0.39, 0.29) is 0 Å². The smallest absolute Gasteiger partial charge is 0.0537 e. The molecule has 0 saturated carbocycles. The second-order valence-corrected chi connectivity index (χ2v) is 5.21. The minimum atomic E-state index is 0.308. The van der Waals surface area contributed by atoms with Gasteiger partial charge in [-0.15, -0.1) is 0 Å². The van der Waals surface area contributed by atoms with E-state index in [9.17, 15) is 0 Å². The topological polar surface area (TPSA) is 29.9 Å². The predicted octanol–water partition coefficient (Wildman–Crippen LogP) is 3.08. The number of halogens is 1. The average Bonchev–Trinajstić information content (AvgIpc) is 2.78. The lowest BCUT2D eigenvalue weighted by atomic mass is 10.0. The zero-order valence-electron chi connectivity index (χ0n) is 10.7. The van der Waals surface area contributed by atoms with Crippen molar-refractivity contribution in [2.24, 2.45) is 7.05 Å². The molecule has 0 fully saturated rings. The summed E-state index contributed by atoms with van der Waals surface area (Å²) >= 11 is 3.61. The molecule has 0 aliphatic heterocycles. The summed E-state index contributed by atoms with van der Waals surface area (Å²) in [6.07, 6.45) is 4.97. The molecule has 18 heavy (non-hydrogen) atoms. The number of rotatable bonds is 5. The zero-order chi connectivity index (χ0) is 13.0. The molecule has 1 heterocycles. The molecule has 96 valence electrons. The molecular formula is C14H18BrN3. The van der Waals surface area contributed by atoms with E-state index in [0.29, 0.717) is 6.04 Å². The number of nitrogens with one attached hydrogen (secondary N) is 1. The molecule has 3 nitrogen and oxygen atoms in total. The van der Waals surface area contributed by atoms with Crippen molar-refractivity contribution in [2.75, 3.05) is 6.54 Å². The zero-order valence-corrected chi connectivity index (χ0v) is 12.3. The number of benzene rings is 1. The molecule has 0 bridgehead atoms. The Morgan fingerprint density at radius 1 is 1.39 bits per heavy atom. The van der Waals surface area contributed by atoms with Crippen LogP contribution in [0.5, 0.6) is 0 Å². The van der Waals surface area contributed by atoms with Crippen LogP contribution in [-0.4, -0.2) is 16.3 Å². The highest BCUT2D eigenvalue weighted by Crippen LogP contribution is 2.23. The van der Waals surface area contributed by atoms with Crippen molar-refractivity contribution in [1.29, 1.82) is 0 Å². The normalized spacial score (nSPS) is 12.6. The summed E-state index contributed by atoms with van der Waals surface area (Å²) in [7, 11) is 1.95. The second-order valence-electron chi connectivity index (χ2n) is 4.35. The maximum absolute atomic E-state index is 4.25. The molecule has 0 spiro atoms. The van der Waals surface area contributed by atoms with Crippen molar-refractivity contribution < 1.29 is 0 Å². The van der Waals surface area contributed by atoms with Crippen molar-refractivity contribution in [3.8, 4) is 0 Å². The molecule has 0 saturated heterocycles. The van der Waals surface area contributed by atoms with E-state index in [2.05, 4.69) is 57.7 Å². The molecule has 0 aliphatic rings. The van der Waals surface area contributed by atoms with E-state index >= 15 is 0 Å². The molecule has 0 amide bonds. The molecule has 2 aromatic rings. The Kier molecular flexibility index (Phi) is 4.55. The van der Waals surface area contributed by atoms with Gasteiger partial charge < -0.3 is 5.32 Å². The van der Waals surface area contributed by atoms with E-state index in [1.165, 1.54) is 11.1 Å². The number of hydrogen-bond donors (Lipinski definition) is 1. The molecule has 1 aromatic heterocycles. The van der Waals surface area contributed by atoms with Crippen molar-refractivity contribution in [3.63, 3.8) is 0 Å². The first-order valence-electron chi connectivity index (χ1n) is 6.16. The SMILES string of the molecule is CCNC(Cc1ccccc1Br)c1cnn(C)c1. The Hall–Kier alpha value is -1.13. The van der Waals surface area contributed by atoms with Gasteiger partial charge in [0.25, 0.3) is 0 Å². The van der Waals surface area contributed by atoms with Gasteiger partial charge in [-0.1, -0.05) is 41.1 Å². The highest BCUT2D eigenvalue weighted by atomic mass is 79.9. The molecule has 4 heteroatoms. The van der Waals surface area contributed by atoms with Crippen LogP contribution in [0, 0.1) is 0 Å². The average molecular weight is 308 g/mol. The van der Waals surface area contributed by atoms with Crippen LogP contribution in [0.4, 0.5) is 0 Å². The minimum absolute atomic E-state index is 0.308. The predicted molar refractivity (Wildman–Crippen MR) is 77.5 cm³/mol. The largest absolute Gasteiger partial charge is 0.310 e. The first-order chi connectivity index (χ1) is 8.70. The minimum Gasteiger partial charge on any atom is -0.310 e. The van der Waals surface area contributed by atoms with E-state index in [0.717, 1.165) is 17.4 Å². The molecule has 0 radical (unpaired) electrons. The molecule has 1 N–H and O–H groups in total. The summed E-state index contributed by atoms with van der Waals surface area (Å²) in [5, 5.41) is 7.76. The molecule has 1 atom stereocenters. The highest BCUT2D eigenvalue weighted by Gasteiger charge is 2.14. The first-order valence-corrected chi connectivity index (χ1v) is 6.95. The third-order valence-electron chi connectivity index (χ3n) is 2.96. The van der Waals surface area contributed by atoms with Crippen LogP contribution in [0.3, 0.4) is 0 Å². The Balaban J connectivity index is 2.19. The van der Waals surface area contributed by atoms with Crippen LogP contribution in [0.1, 0.15) is 24.1 Å².